The van der Waals surface area contributed by atoms with E-state index >= 15 is 0 Å². The van der Waals surface area contributed by atoms with Crippen LogP contribution in [0.5, 0.6) is 0 Å². The van der Waals surface area contributed by atoms with Crippen LogP contribution in [0.4, 0.5) is 0 Å². The predicted octanol–water partition coefficient (Wildman–Crippen LogP) is 2.28. The first-order valence-corrected chi connectivity index (χ1v) is 5.70. The van der Waals surface area contributed by atoms with Crippen LogP contribution < -0.4 is 0 Å². The van der Waals surface area contributed by atoms with Crippen LogP contribution in [0.1, 0.15) is 11.1 Å². The zero-order valence-electron chi connectivity index (χ0n) is 11.2. The van der Waals surface area contributed by atoms with Gasteiger partial charge in [-0.05, 0) is 18.6 Å². The van der Waals surface area contributed by atoms with Crippen molar-refractivity contribution < 1.29 is 19.1 Å². The van der Waals surface area contributed by atoms with Crippen LogP contribution in [0, 0.1) is 6.92 Å². The summed E-state index contributed by atoms with van der Waals surface area (Å²) in [7, 11) is 2.60. The molecule has 0 radical (unpaired) electrons. The maximum atomic E-state index is 11.7. The molecule has 0 aliphatic heterocycles. The second-order valence-corrected chi connectivity index (χ2v) is 3.82. The Morgan fingerprint density at radius 2 is 1.68 bits per heavy atom. The van der Waals surface area contributed by atoms with Crippen molar-refractivity contribution in [2.45, 2.75) is 6.92 Å². The molecule has 0 aliphatic carbocycles. The molecule has 0 aliphatic rings. The lowest BCUT2D eigenvalue weighted by Gasteiger charge is -2.05. The van der Waals surface area contributed by atoms with Gasteiger partial charge in [0.05, 0.1) is 19.8 Å². The minimum absolute atomic E-state index is 0.377. The number of ether oxygens (including phenoxy) is 2. The lowest BCUT2D eigenvalue weighted by atomic mass is 10.0. The summed E-state index contributed by atoms with van der Waals surface area (Å²) in [4.78, 5) is 22.7. The van der Waals surface area contributed by atoms with E-state index in [0.29, 0.717) is 5.57 Å². The van der Waals surface area contributed by atoms with Crippen molar-refractivity contribution in [1.82, 2.24) is 0 Å². The number of benzene rings is 1. The number of hydrogen-bond acceptors (Lipinski definition) is 4. The molecular weight excluding hydrogens is 244 g/mol. The third kappa shape index (κ3) is 4.43. The molecule has 0 bridgehead atoms. The Morgan fingerprint density at radius 3 is 2.21 bits per heavy atom. The Balaban J connectivity index is 3.05. The molecule has 1 rings (SSSR count). The molecule has 19 heavy (non-hydrogen) atoms. The highest BCUT2D eigenvalue weighted by molar-refractivity contribution is 6.16. The van der Waals surface area contributed by atoms with Gasteiger partial charge in [-0.3, -0.25) is 0 Å². The van der Waals surface area contributed by atoms with E-state index in [1.807, 2.05) is 31.2 Å². The van der Waals surface area contributed by atoms with Gasteiger partial charge in [0.2, 0.25) is 0 Å². The Bertz CT molecular complexity index is 509. The summed E-state index contributed by atoms with van der Waals surface area (Å²) in [6.07, 6.45) is 4.21. The third-order valence-corrected chi connectivity index (χ3v) is 2.46. The zero-order valence-corrected chi connectivity index (χ0v) is 11.2. The molecule has 0 unspecified atom stereocenters. The molecular formula is C15H16O4. The number of esters is 2. The largest absolute Gasteiger partial charge is 0.466 e. The molecule has 0 heterocycles. The van der Waals surface area contributed by atoms with Gasteiger partial charge < -0.3 is 9.47 Å². The number of allylic oxidation sites excluding steroid dienone is 2. The summed E-state index contributed by atoms with van der Waals surface area (Å²) in [5.74, 6) is -0.942. The maximum absolute atomic E-state index is 11.7. The number of aryl methyl sites for hydroxylation is 1. The van der Waals surface area contributed by atoms with Gasteiger partial charge in [-0.25, -0.2) is 9.59 Å². The molecule has 4 nitrogen and oxygen atoms in total. The summed E-state index contributed by atoms with van der Waals surface area (Å²) in [6.45, 7) is 1.96. The lowest BCUT2D eigenvalue weighted by Crippen LogP contribution is -2.03. The Labute approximate surface area is 112 Å². The fourth-order valence-electron chi connectivity index (χ4n) is 1.42. The topological polar surface area (TPSA) is 52.6 Å². The number of hydrogen-bond donors (Lipinski definition) is 0. The van der Waals surface area contributed by atoms with Gasteiger partial charge in [-0.15, -0.1) is 0 Å². The number of carbonyl (C=O) groups excluding carboxylic acids is 2. The SMILES string of the molecule is COC(=O)/C=C\C=C(\C(=O)OC)c1ccc(C)cc1. The predicted molar refractivity (Wildman–Crippen MR) is 72.3 cm³/mol. The van der Waals surface area contributed by atoms with Crippen LogP contribution in [0.25, 0.3) is 5.57 Å². The summed E-state index contributed by atoms with van der Waals surface area (Å²) < 4.78 is 9.19. The quantitative estimate of drug-likeness (QED) is 0.473. The standard InChI is InChI=1S/C15H16O4/c1-11-7-9-12(10-8-11)13(15(17)19-3)5-4-6-14(16)18-2/h4-10H,1-3H3/b6-4-,13-5+. The van der Waals surface area contributed by atoms with Crippen molar-refractivity contribution in [2.24, 2.45) is 0 Å². The second-order valence-electron chi connectivity index (χ2n) is 3.82. The number of methoxy groups -OCH3 is 2. The number of carbonyl (C=O) groups is 2. The van der Waals surface area contributed by atoms with Gasteiger partial charge >= 0.3 is 11.9 Å². The summed E-state index contributed by atoms with van der Waals surface area (Å²) in [5.41, 5.74) is 2.20. The average Bonchev–Trinajstić information content (AvgIpc) is 2.43. The van der Waals surface area contributed by atoms with E-state index in [4.69, 9.17) is 4.74 Å². The Morgan fingerprint density at radius 1 is 1.05 bits per heavy atom. The van der Waals surface area contributed by atoms with Crippen molar-refractivity contribution in [3.05, 3.63) is 53.6 Å². The van der Waals surface area contributed by atoms with Crippen molar-refractivity contribution in [2.75, 3.05) is 14.2 Å². The smallest absolute Gasteiger partial charge is 0.338 e. The Hall–Kier alpha value is -2.36. The van der Waals surface area contributed by atoms with Crippen LogP contribution in [-0.2, 0) is 19.1 Å². The number of rotatable bonds is 4. The first-order valence-electron chi connectivity index (χ1n) is 5.70. The minimum atomic E-state index is -0.482. The van der Waals surface area contributed by atoms with E-state index in [1.165, 1.54) is 32.4 Å². The first-order chi connectivity index (χ1) is 9.08. The lowest BCUT2D eigenvalue weighted by molar-refractivity contribution is -0.135. The first kappa shape index (κ1) is 14.7. The highest BCUT2D eigenvalue weighted by Gasteiger charge is 2.10. The van der Waals surface area contributed by atoms with Gasteiger partial charge in [0.25, 0.3) is 0 Å². The minimum Gasteiger partial charge on any atom is -0.466 e. The molecule has 0 fully saturated rings. The van der Waals surface area contributed by atoms with Crippen LogP contribution in [0.15, 0.2) is 42.5 Å². The highest BCUT2D eigenvalue weighted by atomic mass is 16.5. The van der Waals surface area contributed by atoms with E-state index in [9.17, 15) is 9.59 Å². The third-order valence-electron chi connectivity index (χ3n) is 2.46. The molecule has 100 valence electrons. The fourth-order valence-corrected chi connectivity index (χ4v) is 1.42. The molecule has 0 atom stereocenters. The molecule has 1 aromatic rings. The zero-order chi connectivity index (χ0) is 14.3. The van der Waals surface area contributed by atoms with Crippen LogP contribution >= 0.6 is 0 Å². The van der Waals surface area contributed by atoms with Crippen molar-refractivity contribution in [3.63, 3.8) is 0 Å². The van der Waals surface area contributed by atoms with Crippen molar-refractivity contribution >= 4 is 17.5 Å². The summed E-state index contributed by atoms with van der Waals surface area (Å²) in [5, 5.41) is 0. The monoisotopic (exact) mass is 260 g/mol. The summed E-state index contributed by atoms with van der Waals surface area (Å²) >= 11 is 0. The van der Waals surface area contributed by atoms with Gasteiger partial charge in [0.15, 0.2) is 0 Å². The average molecular weight is 260 g/mol. The van der Waals surface area contributed by atoms with Crippen molar-refractivity contribution in [3.8, 4) is 0 Å². The highest BCUT2D eigenvalue weighted by Crippen LogP contribution is 2.16. The van der Waals surface area contributed by atoms with Crippen LogP contribution in [0.2, 0.25) is 0 Å². The van der Waals surface area contributed by atoms with E-state index in [1.54, 1.807) is 0 Å². The molecule has 4 heteroatoms. The van der Waals surface area contributed by atoms with E-state index in [0.717, 1.165) is 11.1 Å². The second kappa shape index (κ2) is 7.16. The van der Waals surface area contributed by atoms with E-state index in [2.05, 4.69) is 4.74 Å². The van der Waals surface area contributed by atoms with Gasteiger partial charge in [-0.1, -0.05) is 35.9 Å². The van der Waals surface area contributed by atoms with Crippen LogP contribution in [0.3, 0.4) is 0 Å². The molecule has 0 amide bonds. The molecule has 0 saturated carbocycles. The van der Waals surface area contributed by atoms with Gasteiger partial charge in [0, 0.05) is 6.08 Å². The van der Waals surface area contributed by atoms with E-state index < -0.39 is 11.9 Å². The van der Waals surface area contributed by atoms with Gasteiger partial charge in [0.1, 0.15) is 0 Å². The maximum Gasteiger partial charge on any atom is 0.338 e. The molecule has 0 spiro atoms. The molecule has 0 saturated heterocycles. The molecule has 0 N–H and O–H groups in total. The molecule has 0 aromatic heterocycles. The van der Waals surface area contributed by atoms with Crippen LogP contribution in [-0.4, -0.2) is 26.2 Å². The fraction of sp³-hybridized carbons (Fsp3) is 0.200. The Kier molecular flexibility index (Phi) is 5.54. The van der Waals surface area contributed by atoms with E-state index in [-0.39, 0.29) is 0 Å². The molecule has 1 aromatic carbocycles. The normalized spacial score (nSPS) is 11.4. The summed E-state index contributed by atoms with van der Waals surface area (Å²) in [6, 6.07) is 7.44. The van der Waals surface area contributed by atoms with Crippen molar-refractivity contribution in [1.29, 1.82) is 0 Å². The van der Waals surface area contributed by atoms with Gasteiger partial charge in [-0.2, -0.15) is 0 Å².